The molecule has 5 rings (SSSR count). The smallest absolute Gasteiger partial charge is 0.225 e. The van der Waals surface area contributed by atoms with Crippen molar-refractivity contribution in [1.29, 1.82) is 0 Å². The highest BCUT2D eigenvalue weighted by Gasteiger charge is 2.13. The van der Waals surface area contributed by atoms with Crippen LogP contribution in [-0.4, -0.2) is 57.6 Å². The van der Waals surface area contributed by atoms with Crippen LogP contribution in [0.2, 0.25) is 0 Å². The number of hydrogen-bond donors (Lipinski definition) is 2. The predicted octanol–water partition coefficient (Wildman–Crippen LogP) is 3.67. The SMILES string of the molecule is CS(=O)(=O)c1cccc(-c2ccc3nc(NCc4cccc(-n5cncn5)c4)nc(NCCF)c3n2)c1. The van der Waals surface area contributed by atoms with Crippen molar-refractivity contribution in [2.24, 2.45) is 0 Å². The second-order valence-corrected chi connectivity index (χ2v) is 10.3. The van der Waals surface area contributed by atoms with Gasteiger partial charge in [-0.1, -0.05) is 24.3 Å². The van der Waals surface area contributed by atoms with E-state index in [4.69, 9.17) is 0 Å². The van der Waals surface area contributed by atoms with Crippen LogP contribution in [0, 0.1) is 0 Å². The Hall–Kier alpha value is -4.45. The topological polar surface area (TPSA) is 128 Å². The summed E-state index contributed by atoms with van der Waals surface area (Å²) in [4.78, 5) is 18.0. The van der Waals surface area contributed by atoms with Crippen molar-refractivity contribution >= 4 is 32.6 Å². The predicted molar refractivity (Wildman–Crippen MR) is 139 cm³/mol. The molecule has 3 heterocycles. The van der Waals surface area contributed by atoms with E-state index in [1.807, 2.05) is 24.3 Å². The number of anilines is 2. The van der Waals surface area contributed by atoms with Crippen molar-refractivity contribution in [2.45, 2.75) is 11.4 Å². The van der Waals surface area contributed by atoms with E-state index in [9.17, 15) is 12.8 Å². The van der Waals surface area contributed by atoms with Gasteiger partial charge in [-0.25, -0.2) is 32.4 Å². The van der Waals surface area contributed by atoms with Crippen molar-refractivity contribution in [2.75, 3.05) is 30.1 Å². The first-order valence-electron chi connectivity index (χ1n) is 11.4. The second kappa shape index (κ2) is 10.3. The molecule has 0 aliphatic heterocycles. The number of halogens is 1. The molecule has 5 aromatic rings. The number of nitrogens with zero attached hydrogens (tertiary/aromatic N) is 6. The van der Waals surface area contributed by atoms with E-state index < -0.39 is 16.5 Å². The van der Waals surface area contributed by atoms with E-state index in [2.05, 4.69) is 35.7 Å². The molecule has 0 aliphatic carbocycles. The standard InChI is InChI=1S/C25H23FN8O2S/c1-37(35,36)20-7-3-5-18(13-20)21-8-9-22-23(31-21)24(28-11-10-26)33-25(32-22)29-14-17-4-2-6-19(12-17)34-16-27-15-30-34/h2-9,12-13,15-16H,10-11,14H2,1H3,(H2,28,29,32,33). The van der Waals surface area contributed by atoms with Crippen LogP contribution in [0.15, 0.2) is 78.2 Å². The number of alkyl halides is 1. The maximum absolute atomic E-state index is 13.0. The average Bonchev–Trinajstić information content (AvgIpc) is 3.45. The van der Waals surface area contributed by atoms with Crippen LogP contribution in [0.25, 0.3) is 28.0 Å². The fourth-order valence-electron chi connectivity index (χ4n) is 3.76. The zero-order chi connectivity index (χ0) is 25.8. The van der Waals surface area contributed by atoms with E-state index in [0.29, 0.717) is 40.6 Å². The van der Waals surface area contributed by atoms with Gasteiger partial charge < -0.3 is 10.6 Å². The summed E-state index contributed by atoms with van der Waals surface area (Å²) in [6.07, 6.45) is 4.26. The van der Waals surface area contributed by atoms with Gasteiger partial charge in [-0.2, -0.15) is 10.1 Å². The largest absolute Gasteiger partial charge is 0.365 e. The van der Waals surface area contributed by atoms with Crippen LogP contribution in [0.4, 0.5) is 16.2 Å². The Labute approximate surface area is 212 Å². The Kier molecular flexibility index (Phi) is 6.73. The molecule has 0 saturated heterocycles. The first-order valence-corrected chi connectivity index (χ1v) is 13.3. The molecule has 0 unspecified atom stereocenters. The Bertz CT molecular complexity index is 1660. The summed E-state index contributed by atoms with van der Waals surface area (Å²) in [5, 5.41) is 10.3. The minimum absolute atomic E-state index is 0.0565. The van der Waals surface area contributed by atoms with E-state index in [1.54, 1.807) is 41.3 Å². The molecule has 0 saturated carbocycles. The molecule has 37 heavy (non-hydrogen) atoms. The van der Waals surface area contributed by atoms with Crippen LogP contribution >= 0.6 is 0 Å². The Morgan fingerprint density at radius 3 is 2.62 bits per heavy atom. The number of fused-ring (bicyclic) bond motifs is 1. The average molecular weight is 519 g/mol. The van der Waals surface area contributed by atoms with E-state index in [0.717, 1.165) is 17.5 Å². The third kappa shape index (κ3) is 5.54. The van der Waals surface area contributed by atoms with Crippen molar-refractivity contribution in [3.05, 3.63) is 78.9 Å². The summed E-state index contributed by atoms with van der Waals surface area (Å²) < 4.78 is 38.6. The van der Waals surface area contributed by atoms with Gasteiger partial charge in [0.15, 0.2) is 15.7 Å². The molecule has 0 bridgehead atoms. The van der Waals surface area contributed by atoms with Gasteiger partial charge in [0, 0.05) is 24.9 Å². The monoisotopic (exact) mass is 518 g/mol. The zero-order valence-corrected chi connectivity index (χ0v) is 20.7. The molecule has 10 nitrogen and oxygen atoms in total. The summed E-state index contributed by atoms with van der Waals surface area (Å²) in [6, 6.07) is 17.9. The minimum atomic E-state index is -3.37. The highest BCUT2D eigenvalue weighted by Crippen LogP contribution is 2.27. The van der Waals surface area contributed by atoms with Gasteiger partial charge in [0.05, 0.1) is 21.8 Å². The molecule has 2 aromatic carbocycles. The fourth-order valence-corrected chi connectivity index (χ4v) is 4.43. The van der Waals surface area contributed by atoms with Crippen LogP contribution in [0.3, 0.4) is 0 Å². The molecule has 2 N–H and O–H groups in total. The van der Waals surface area contributed by atoms with E-state index in [-0.39, 0.29) is 11.4 Å². The molecule has 0 atom stereocenters. The Morgan fingerprint density at radius 1 is 0.973 bits per heavy atom. The quantitative estimate of drug-likeness (QED) is 0.300. The molecular formula is C25H23FN8O2S. The lowest BCUT2D eigenvalue weighted by Crippen LogP contribution is -2.10. The number of aromatic nitrogens is 6. The highest BCUT2D eigenvalue weighted by atomic mass is 32.2. The number of hydrogen-bond acceptors (Lipinski definition) is 9. The summed E-state index contributed by atoms with van der Waals surface area (Å²) >= 11 is 0. The van der Waals surface area contributed by atoms with Crippen LogP contribution in [-0.2, 0) is 16.4 Å². The van der Waals surface area contributed by atoms with Gasteiger partial charge in [-0.05, 0) is 42.0 Å². The number of sulfone groups is 1. The van der Waals surface area contributed by atoms with Gasteiger partial charge in [-0.15, -0.1) is 0 Å². The molecule has 0 radical (unpaired) electrons. The first-order chi connectivity index (χ1) is 17.9. The fraction of sp³-hybridized carbons (Fsp3) is 0.160. The van der Waals surface area contributed by atoms with Gasteiger partial charge >= 0.3 is 0 Å². The number of pyridine rings is 1. The van der Waals surface area contributed by atoms with Crippen LogP contribution < -0.4 is 10.6 Å². The van der Waals surface area contributed by atoms with Gasteiger partial charge in [0.1, 0.15) is 24.8 Å². The lowest BCUT2D eigenvalue weighted by Gasteiger charge is -2.12. The lowest BCUT2D eigenvalue weighted by molar-refractivity contribution is 0.512. The van der Waals surface area contributed by atoms with E-state index >= 15 is 0 Å². The zero-order valence-electron chi connectivity index (χ0n) is 19.8. The molecule has 3 aromatic heterocycles. The minimum Gasteiger partial charge on any atom is -0.365 e. The number of benzene rings is 2. The third-order valence-corrected chi connectivity index (χ3v) is 6.64. The van der Waals surface area contributed by atoms with Gasteiger partial charge in [0.25, 0.3) is 0 Å². The molecule has 0 spiro atoms. The number of rotatable bonds is 9. The van der Waals surface area contributed by atoms with Crippen molar-refractivity contribution in [1.82, 2.24) is 29.7 Å². The lowest BCUT2D eigenvalue weighted by atomic mass is 10.1. The highest BCUT2D eigenvalue weighted by molar-refractivity contribution is 7.90. The maximum Gasteiger partial charge on any atom is 0.225 e. The normalized spacial score (nSPS) is 11.5. The second-order valence-electron chi connectivity index (χ2n) is 8.24. The van der Waals surface area contributed by atoms with Gasteiger partial charge in [0.2, 0.25) is 5.95 Å². The van der Waals surface area contributed by atoms with Gasteiger partial charge in [-0.3, -0.25) is 0 Å². The maximum atomic E-state index is 13.0. The summed E-state index contributed by atoms with van der Waals surface area (Å²) in [5.41, 5.74) is 4.05. The summed E-state index contributed by atoms with van der Waals surface area (Å²) in [7, 11) is -3.37. The summed E-state index contributed by atoms with van der Waals surface area (Å²) in [6.45, 7) is -0.0825. The summed E-state index contributed by atoms with van der Waals surface area (Å²) in [5.74, 6) is 0.733. The molecule has 0 aliphatic rings. The van der Waals surface area contributed by atoms with Crippen LogP contribution in [0.1, 0.15) is 5.56 Å². The molecular weight excluding hydrogens is 495 g/mol. The van der Waals surface area contributed by atoms with Crippen molar-refractivity contribution < 1.29 is 12.8 Å². The van der Waals surface area contributed by atoms with Crippen molar-refractivity contribution in [3.8, 4) is 16.9 Å². The number of nitrogens with one attached hydrogen (secondary N) is 2. The van der Waals surface area contributed by atoms with Crippen molar-refractivity contribution in [3.63, 3.8) is 0 Å². The third-order valence-electron chi connectivity index (χ3n) is 5.53. The molecule has 12 heteroatoms. The first kappa shape index (κ1) is 24.3. The molecule has 0 fully saturated rings. The Morgan fingerprint density at radius 2 is 1.84 bits per heavy atom. The van der Waals surface area contributed by atoms with Crippen LogP contribution in [0.5, 0.6) is 0 Å². The Balaban J connectivity index is 1.45. The molecule has 188 valence electrons. The van der Waals surface area contributed by atoms with E-state index in [1.165, 1.54) is 12.4 Å². The molecule has 0 amide bonds.